The van der Waals surface area contributed by atoms with Crippen LogP contribution in [-0.2, 0) is 4.79 Å². The van der Waals surface area contributed by atoms with Crippen molar-refractivity contribution in [3.63, 3.8) is 0 Å². The van der Waals surface area contributed by atoms with Crippen LogP contribution in [0.25, 0.3) is 0 Å². The van der Waals surface area contributed by atoms with Crippen molar-refractivity contribution in [1.29, 1.82) is 0 Å². The van der Waals surface area contributed by atoms with E-state index in [0.29, 0.717) is 12.8 Å². The van der Waals surface area contributed by atoms with Crippen molar-refractivity contribution in [3.8, 4) is 0 Å². The summed E-state index contributed by atoms with van der Waals surface area (Å²) in [4.78, 5) is 12.6. The largest absolute Gasteiger partial charge is 0.394 e. The SMILES string of the molecule is CCCCCCCCCCC/C=C\C/C=C\CCCCCCCCCCCCC(O)C(=O)NC(CO)C(O)C(O)CCC/C=C/CCCCCCCCCCCCCCCCCCCCCCCCCC. The smallest absolute Gasteiger partial charge is 0.249 e. The van der Waals surface area contributed by atoms with E-state index in [9.17, 15) is 25.2 Å². The molecular formula is C65H125NO5. The van der Waals surface area contributed by atoms with Gasteiger partial charge in [0, 0.05) is 0 Å². The Morgan fingerprint density at radius 1 is 0.352 bits per heavy atom. The van der Waals surface area contributed by atoms with Gasteiger partial charge in [-0.3, -0.25) is 4.79 Å². The molecule has 0 saturated carbocycles. The van der Waals surface area contributed by atoms with Crippen molar-refractivity contribution in [2.24, 2.45) is 0 Å². The van der Waals surface area contributed by atoms with Crippen LogP contribution < -0.4 is 5.32 Å². The number of allylic oxidation sites excluding steroid dienone is 6. The summed E-state index contributed by atoms with van der Waals surface area (Å²) in [7, 11) is 0. The van der Waals surface area contributed by atoms with Crippen LogP contribution in [0, 0.1) is 0 Å². The van der Waals surface area contributed by atoms with Crippen LogP contribution in [0.1, 0.15) is 341 Å². The van der Waals surface area contributed by atoms with Crippen molar-refractivity contribution in [2.45, 2.75) is 366 Å². The fourth-order valence-corrected chi connectivity index (χ4v) is 10.1. The third kappa shape index (κ3) is 53.2. The molecule has 6 heteroatoms. The van der Waals surface area contributed by atoms with E-state index in [1.807, 2.05) is 0 Å². The zero-order chi connectivity index (χ0) is 51.6. The zero-order valence-corrected chi connectivity index (χ0v) is 47.7. The van der Waals surface area contributed by atoms with E-state index in [4.69, 9.17) is 0 Å². The molecule has 0 aliphatic rings. The lowest BCUT2D eigenvalue weighted by Crippen LogP contribution is -2.53. The lowest BCUT2D eigenvalue weighted by molar-refractivity contribution is -0.132. The predicted octanol–water partition coefficient (Wildman–Crippen LogP) is 19.1. The Kier molecular flexibility index (Phi) is 58.2. The van der Waals surface area contributed by atoms with Crippen LogP contribution in [0.2, 0.25) is 0 Å². The van der Waals surface area contributed by atoms with Crippen LogP contribution in [0.4, 0.5) is 0 Å². The Hall–Kier alpha value is -1.47. The Morgan fingerprint density at radius 3 is 0.930 bits per heavy atom. The monoisotopic (exact) mass is 1000 g/mol. The number of carbonyl (C=O) groups is 1. The molecule has 0 heterocycles. The molecule has 0 aliphatic carbocycles. The molecule has 0 aliphatic heterocycles. The lowest BCUT2D eigenvalue weighted by Gasteiger charge is -2.27. The van der Waals surface area contributed by atoms with Crippen molar-refractivity contribution in [2.75, 3.05) is 6.61 Å². The van der Waals surface area contributed by atoms with Crippen LogP contribution >= 0.6 is 0 Å². The fourth-order valence-electron chi connectivity index (χ4n) is 10.1. The lowest BCUT2D eigenvalue weighted by atomic mass is 10.00. The molecule has 4 atom stereocenters. The van der Waals surface area contributed by atoms with Crippen molar-refractivity contribution in [1.82, 2.24) is 5.32 Å². The van der Waals surface area contributed by atoms with E-state index in [-0.39, 0.29) is 0 Å². The van der Waals surface area contributed by atoms with Gasteiger partial charge in [0.25, 0.3) is 0 Å². The first-order chi connectivity index (χ1) is 35.0. The number of nitrogens with one attached hydrogen (secondary N) is 1. The fraction of sp³-hybridized carbons (Fsp3) is 0.892. The number of amides is 1. The molecule has 5 N–H and O–H groups in total. The van der Waals surface area contributed by atoms with Crippen LogP contribution in [-0.4, -0.2) is 57.3 Å². The highest BCUT2D eigenvalue weighted by molar-refractivity contribution is 5.80. The molecule has 0 aromatic heterocycles. The molecule has 0 bridgehead atoms. The van der Waals surface area contributed by atoms with E-state index in [0.717, 1.165) is 44.9 Å². The standard InChI is InChI=1S/C65H125NO5/c1-3-5-7-9-11-13-15-17-19-21-23-25-27-29-31-32-33-35-36-38-40-42-44-46-48-50-52-54-56-58-62(68)64(70)61(60-67)66-65(71)63(69)59-57-55-53-51-49-47-45-43-41-39-37-34-30-28-26-24-22-20-18-16-14-12-10-8-6-4-2/h24,26,30,34,50,52,61-64,67-70H,3-23,25,27-29,31-33,35-49,51,53-60H2,1-2H3,(H,66,71)/b26-24-,34-30-,52-50+. The topological polar surface area (TPSA) is 110 Å². The minimum atomic E-state index is -1.28. The number of rotatable bonds is 59. The average Bonchev–Trinajstić information content (AvgIpc) is 3.38. The van der Waals surface area contributed by atoms with Gasteiger partial charge in [-0.2, -0.15) is 0 Å². The summed E-state index contributed by atoms with van der Waals surface area (Å²) in [5.74, 6) is -0.592. The van der Waals surface area contributed by atoms with Gasteiger partial charge in [0.1, 0.15) is 12.2 Å². The van der Waals surface area contributed by atoms with Crippen LogP contribution in [0.5, 0.6) is 0 Å². The van der Waals surface area contributed by atoms with E-state index < -0.39 is 36.9 Å². The van der Waals surface area contributed by atoms with Gasteiger partial charge >= 0.3 is 0 Å². The van der Waals surface area contributed by atoms with E-state index in [1.165, 1.54) is 270 Å². The van der Waals surface area contributed by atoms with Crippen LogP contribution in [0.3, 0.4) is 0 Å². The number of hydrogen-bond donors (Lipinski definition) is 5. The summed E-state index contributed by atoms with van der Waals surface area (Å²) in [6.07, 6.45) is 75.3. The van der Waals surface area contributed by atoms with Gasteiger partial charge in [0.2, 0.25) is 5.91 Å². The number of carbonyl (C=O) groups excluding carboxylic acids is 1. The second-order valence-electron chi connectivity index (χ2n) is 22.1. The molecule has 420 valence electrons. The maximum Gasteiger partial charge on any atom is 0.249 e. The normalized spacial score (nSPS) is 13.8. The van der Waals surface area contributed by atoms with Gasteiger partial charge in [-0.05, 0) is 70.6 Å². The summed E-state index contributed by atoms with van der Waals surface area (Å²) in [6.45, 7) is 4.08. The number of hydrogen-bond acceptors (Lipinski definition) is 5. The molecule has 0 saturated heterocycles. The first-order valence-corrected chi connectivity index (χ1v) is 31.9. The quantitative estimate of drug-likeness (QED) is 0.0308. The second-order valence-corrected chi connectivity index (χ2v) is 22.1. The molecule has 4 unspecified atom stereocenters. The highest BCUT2D eigenvalue weighted by Crippen LogP contribution is 2.18. The van der Waals surface area contributed by atoms with Crippen molar-refractivity contribution < 1.29 is 25.2 Å². The van der Waals surface area contributed by atoms with Gasteiger partial charge in [0.05, 0.1) is 18.8 Å². The maximum absolute atomic E-state index is 12.6. The minimum absolute atomic E-state index is 0.360. The minimum Gasteiger partial charge on any atom is -0.394 e. The zero-order valence-electron chi connectivity index (χ0n) is 47.7. The predicted molar refractivity (Wildman–Crippen MR) is 311 cm³/mol. The Labute approximate surface area is 443 Å². The molecule has 0 aromatic rings. The summed E-state index contributed by atoms with van der Waals surface area (Å²) < 4.78 is 0. The maximum atomic E-state index is 12.6. The third-order valence-electron chi connectivity index (χ3n) is 15.1. The first-order valence-electron chi connectivity index (χ1n) is 31.9. The van der Waals surface area contributed by atoms with Crippen molar-refractivity contribution in [3.05, 3.63) is 36.5 Å². The Morgan fingerprint density at radius 2 is 0.620 bits per heavy atom. The Balaban J connectivity index is 3.62. The van der Waals surface area contributed by atoms with Gasteiger partial charge in [0.15, 0.2) is 0 Å². The molecule has 71 heavy (non-hydrogen) atoms. The van der Waals surface area contributed by atoms with Gasteiger partial charge in [-0.1, -0.05) is 307 Å². The highest BCUT2D eigenvalue weighted by atomic mass is 16.3. The molecule has 0 aromatic carbocycles. The molecule has 0 rings (SSSR count). The van der Waals surface area contributed by atoms with Gasteiger partial charge in [-0.25, -0.2) is 0 Å². The first kappa shape index (κ1) is 69.5. The summed E-state index contributed by atoms with van der Waals surface area (Å²) in [6, 6.07) is -1.01. The van der Waals surface area contributed by atoms with E-state index in [1.54, 1.807) is 0 Å². The van der Waals surface area contributed by atoms with E-state index >= 15 is 0 Å². The number of unbranched alkanes of at least 4 members (excludes halogenated alkanes) is 44. The summed E-state index contributed by atoms with van der Waals surface area (Å²) in [5, 5.41) is 44.1. The Bertz CT molecular complexity index is 1120. The molecule has 6 nitrogen and oxygen atoms in total. The average molecular weight is 1000 g/mol. The highest BCUT2D eigenvalue weighted by Gasteiger charge is 2.28. The molecule has 0 spiro atoms. The van der Waals surface area contributed by atoms with Gasteiger partial charge < -0.3 is 25.7 Å². The van der Waals surface area contributed by atoms with Crippen molar-refractivity contribution >= 4 is 5.91 Å². The number of aliphatic hydroxyl groups is 4. The second kappa shape index (κ2) is 59.4. The van der Waals surface area contributed by atoms with E-state index in [2.05, 4.69) is 55.6 Å². The molecule has 0 radical (unpaired) electrons. The molecule has 0 fully saturated rings. The van der Waals surface area contributed by atoms with Crippen LogP contribution in [0.15, 0.2) is 36.5 Å². The molecular weight excluding hydrogens is 875 g/mol. The van der Waals surface area contributed by atoms with Gasteiger partial charge in [-0.15, -0.1) is 0 Å². The summed E-state index contributed by atoms with van der Waals surface area (Å²) >= 11 is 0. The summed E-state index contributed by atoms with van der Waals surface area (Å²) in [5.41, 5.74) is 0. The number of aliphatic hydroxyl groups excluding tert-OH is 4. The third-order valence-corrected chi connectivity index (χ3v) is 15.1. The molecule has 1 amide bonds.